The Morgan fingerprint density at radius 2 is 2.31 bits per heavy atom. The van der Waals surface area contributed by atoms with E-state index in [0.29, 0.717) is 0 Å². The van der Waals surface area contributed by atoms with Crippen molar-refractivity contribution in [3.8, 4) is 0 Å². The molecule has 74 valence electrons. The SMILES string of the molecule is CCCCc1ncc(S(N)(=O)=O)s1. The smallest absolute Gasteiger partial charge is 0.248 e. The molecule has 0 spiro atoms. The lowest BCUT2D eigenvalue weighted by Gasteiger charge is -1.90. The number of sulfonamides is 1. The van der Waals surface area contributed by atoms with Gasteiger partial charge in [0, 0.05) is 0 Å². The molecule has 4 nitrogen and oxygen atoms in total. The summed E-state index contributed by atoms with van der Waals surface area (Å²) in [6.07, 6.45) is 4.25. The second-order valence-corrected chi connectivity index (χ2v) is 5.63. The lowest BCUT2D eigenvalue weighted by molar-refractivity contribution is 0.599. The fraction of sp³-hybridized carbons (Fsp3) is 0.571. The van der Waals surface area contributed by atoms with Crippen molar-refractivity contribution < 1.29 is 8.42 Å². The normalized spacial score (nSPS) is 11.8. The first-order valence-electron chi connectivity index (χ1n) is 4.01. The number of hydrogen-bond acceptors (Lipinski definition) is 4. The van der Waals surface area contributed by atoms with Crippen LogP contribution >= 0.6 is 11.3 Å². The summed E-state index contributed by atoms with van der Waals surface area (Å²) in [7, 11) is -3.55. The standard InChI is InChI=1S/C7H12N2O2S2/c1-2-3-4-6-9-5-7(12-6)13(8,10)11/h5H,2-4H2,1H3,(H2,8,10,11). The number of unbranched alkanes of at least 4 members (excludes halogenated alkanes) is 1. The third kappa shape index (κ3) is 3.06. The van der Waals surface area contributed by atoms with Gasteiger partial charge in [0.1, 0.15) is 0 Å². The van der Waals surface area contributed by atoms with Crippen molar-refractivity contribution in [2.75, 3.05) is 0 Å². The molecule has 6 heteroatoms. The Kier molecular flexibility index (Phi) is 3.40. The Morgan fingerprint density at radius 1 is 1.62 bits per heavy atom. The van der Waals surface area contributed by atoms with E-state index >= 15 is 0 Å². The number of aryl methyl sites for hydroxylation is 1. The van der Waals surface area contributed by atoms with E-state index in [1.807, 2.05) is 0 Å². The summed E-state index contributed by atoms with van der Waals surface area (Å²) in [5.74, 6) is 0. The maximum atomic E-state index is 10.9. The average molecular weight is 220 g/mol. The maximum absolute atomic E-state index is 10.9. The molecule has 0 fully saturated rings. The molecule has 0 aliphatic rings. The van der Waals surface area contributed by atoms with Crippen LogP contribution in [0.3, 0.4) is 0 Å². The molecule has 13 heavy (non-hydrogen) atoms. The summed E-state index contributed by atoms with van der Waals surface area (Å²) in [5.41, 5.74) is 0. The second-order valence-electron chi connectivity index (χ2n) is 2.72. The Bertz CT molecular complexity index is 370. The molecular formula is C7H12N2O2S2. The van der Waals surface area contributed by atoms with Gasteiger partial charge in [0.15, 0.2) is 4.21 Å². The number of rotatable bonds is 4. The van der Waals surface area contributed by atoms with Crippen molar-refractivity contribution in [1.29, 1.82) is 0 Å². The zero-order valence-electron chi connectivity index (χ0n) is 7.36. The van der Waals surface area contributed by atoms with Crippen molar-refractivity contribution in [1.82, 2.24) is 4.98 Å². The van der Waals surface area contributed by atoms with E-state index in [2.05, 4.69) is 11.9 Å². The van der Waals surface area contributed by atoms with Crippen LogP contribution in [-0.2, 0) is 16.4 Å². The first-order valence-corrected chi connectivity index (χ1v) is 6.38. The summed E-state index contributed by atoms with van der Waals surface area (Å²) in [5, 5.41) is 5.78. The predicted octanol–water partition coefficient (Wildman–Crippen LogP) is 1.13. The van der Waals surface area contributed by atoms with Crippen LogP contribution in [0.5, 0.6) is 0 Å². The Balaban J connectivity index is 2.76. The van der Waals surface area contributed by atoms with E-state index in [4.69, 9.17) is 5.14 Å². The monoisotopic (exact) mass is 220 g/mol. The molecule has 0 radical (unpaired) electrons. The van der Waals surface area contributed by atoms with E-state index in [0.717, 1.165) is 35.6 Å². The van der Waals surface area contributed by atoms with Crippen LogP contribution in [0.2, 0.25) is 0 Å². The van der Waals surface area contributed by atoms with Crippen LogP contribution < -0.4 is 5.14 Å². The number of thiazole rings is 1. The van der Waals surface area contributed by atoms with Crippen molar-refractivity contribution in [3.05, 3.63) is 11.2 Å². The Labute approximate surface area is 81.9 Å². The molecule has 0 saturated heterocycles. The lowest BCUT2D eigenvalue weighted by atomic mass is 10.3. The highest BCUT2D eigenvalue weighted by molar-refractivity contribution is 7.91. The predicted molar refractivity (Wildman–Crippen MR) is 52.1 cm³/mol. The van der Waals surface area contributed by atoms with Gasteiger partial charge in [0.2, 0.25) is 10.0 Å². The van der Waals surface area contributed by atoms with Gasteiger partial charge in [-0.3, -0.25) is 0 Å². The van der Waals surface area contributed by atoms with E-state index in [1.54, 1.807) is 0 Å². The number of hydrogen-bond donors (Lipinski definition) is 1. The topological polar surface area (TPSA) is 73.0 Å². The lowest BCUT2D eigenvalue weighted by Crippen LogP contribution is -2.09. The molecule has 0 unspecified atom stereocenters. The molecule has 0 aromatic carbocycles. The zero-order valence-corrected chi connectivity index (χ0v) is 8.99. The van der Waals surface area contributed by atoms with Crippen LogP contribution in [0.15, 0.2) is 10.4 Å². The number of nitrogens with zero attached hydrogens (tertiary/aromatic N) is 1. The van der Waals surface area contributed by atoms with Crippen LogP contribution in [0.4, 0.5) is 0 Å². The maximum Gasteiger partial charge on any atom is 0.249 e. The Morgan fingerprint density at radius 3 is 2.77 bits per heavy atom. The van der Waals surface area contributed by atoms with Gasteiger partial charge in [0.05, 0.1) is 11.2 Å². The summed E-state index contributed by atoms with van der Waals surface area (Å²) in [6.45, 7) is 2.08. The Hall–Kier alpha value is -0.460. The molecule has 1 aromatic heterocycles. The average Bonchev–Trinajstić information content (AvgIpc) is 2.47. The van der Waals surface area contributed by atoms with Crippen LogP contribution in [-0.4, -0.2) is 13.4 Å². The van der Waals surface area contributed by atoms with Gasteiger partial charge in [-0.25, -0.2) is 18.5 Å². The van der Waals surface area contributed by atoms with E-state index in [1.165, 1.54) is 6.20 Å². The third-order valence-electron chi connectivity index (χ3n) is 1.56. The molecule has 0 amide bonds. The number of aromatic nitrogens is 1. The molecule has 0 aliphatic carbocycles. The summed E-state index contributed by atoms with van der Waals surface area (Å²) in [6, 6.07) is 0. The van der Waals surface area contributed by atoms with Crippen LogP contribution in [0, 0.1) is 0 Å². The second kappa shape index (κ2) is 4.17. The first-order chi connectivity index (χ1) is 6.04. The quantitative estimate of drug-likeness (QED) is 0.826. The van der Waals surface area contributed by atoms with E-state index in [9.17, 15) is 8.42 Å². The third-order valence-corrected chi connectivity index (χ3v) is 4.02. The van der Waals surface area contributed by atoms with Crippen LogP contribution in [0.1, 0.15) is 24.8 Å². The van der Waals surface area contributed by atoms with Gasteiger partial charge in [-0.05, 0) is 12.8 Å². The molecular weight excluding hydrogens is 208 g/mol. The van der Waals surface area contributed by atoms with Crippen LogP contribution in [0.25, 0.3) is 0 Å². The highest BCUT2D eigenvalue weighted by Crippen LogP contribution is 2.18. The van der Waals surface area contributed by atoms with E-state index < -0.39 is 10.0 Å². The summed E-state index contributed by atoms with van der Waals surface area (Å²) >= 11 is 1.16. The highest BCUT2D eigenvalue weighted by atomic mass is 32.2. The fourth-order valence-corrected chi connectivity index (χ4v) is 2.51. The number of nitrogens with two attached hydrogens (primary N) is 1. The summed E-state index contributed by atoms with van der Waals surface area (Å²) in [4.78, 5) is 3.98. The minimum atomic E-state index is -3.55. The first kappa shape index (κ1) is 10.6. The molecule has 1 rings (SSSR count). The highest BCUT2D eigenvalue weighted by Gasteiger charge is 2.11. The molecule has 0 bridgehead atoms. The fourth-order valence-electron chi connectivity index (χ4n) is 0.869. The van der Waals surface area contributed by atoms with Gasteiger partial charge in [-0.15, -0.1) is 11.3 Å². The van der Waals surface area contributed by atoms with Crippen molar-refractivity contribution in [3.63, 3.8) is 0 Å². The molecule has 0 atom stereocenters. The molecule has 0 aliphatic heterocycles. The molecule has 1 heterocycles. The van der Waals surface area contributed by atoms with Crippen molar-refractivity contribution in [2.24, 2.45) is 5.14 Å². The van der Waals surface area contributed by atoms with E-state index in [-0.39, 0.29) is 4.21 Å². The molecule has 0 saturated carbocycles. The summed E-state index contributed by atoms with van der Waals surface area (Å²) < 4.78 is 21.9. The molecule has 2 N–H and O–H groups in total. The van der Waals surface area contributed by atoms with Gasteiger partial charge in [0.25, 0.3) is 0 Å². The number of primary sulfonamides is 1. The van der Waals surface area contributed by atoms with Crippen molar-refractivity contribution >= 4 is 21.4 Å². The van der Waals surface area contributed by atoms with Gasteiger partial charge in [-0.1, -0.05) is 13.3 Å². The van der Waals surface area contributed by atoms with Crippen molar-refractivity contribution in [2.45, 2.75) is 30.4 Å². The van der Waals surface area contributed by atoms with Gasteiger partial charge < -0.3 is 0 Å². The minimum Gasteiger partial charge on any atom is -0.248 e. The van der Waals surface area contributed by atoms with Gasteiger partial charge >= 0.3 is 0 Å². The minimum absolute atomic E-state index is 0.151. The molecule has 1 aromatic rings. The zero-order chi connectivity index (χ0) is 9.90. The largest absolute Gasteiger partial charge is 0.249 e. The van der Waals surface area contributed by atoms with Gasteiger partial charge in [-0.2, -0.15) is 0 Å².